The molecule has 1 amide bonds. The molecule has 1 aliphatic rings. The molecule has 110 valence electrons. The quantitative estimate of drug-likeness (QED) is 0.827. The van der Waals surface area contributed by atoms with Gasteiger partial charge in [0.25, 0.3) is 0 Å². The van der Waals surface area contributed by atoms with Crippen molar-refractivity contribution in [1.29, 1.82) is 0 Å². The number of hydrogen-bond donors (Lipinski definition) is 2. The lowest BCUT2D eigenvalue weighted by Gasteiger charge is -2.18. The van der Waals surface area contributed by atoms with Crippen LogP contribution in [0.2, 0.25) is 0 Å². The van der Waals surface area contributed by atoms with Gasteiger partial charge >= 0.3 is 0 Å². The van der Waals surface area contributed by atoms with E-state index in [0.717, 1.165) is 38.9 Å². The highest BCUT2D eigenvalue weighted by atomic mass is 16.2. The number of hydrogen-bond acceptors (Lipinski definition) is 3. The van der Waals surface area contributed by atoms with Crippen LogP contribution >= 0.6 is 0 Å². The van der Waals surface area contributed by atoms with Crippen LogP contribution in [0.25, 0.3) is 0 Å². The Kier molecular flexibility index (Phi) is 5.56. The van der Waals surface area contributed by atoms with Gasteiger partial charge in [-0.2, -0.15) is 0 Å². The zero-order valence-corrected chi connectivity index (χ0v) is 12.2. The van der Waals surface area contributed by atoms with Crippen molar-refractivity contribution in [1.82, 2.24) is 10.2 Å². The summed E-state index contributed by atoms with van der Waals surface area (Å²) < 4.78 is 0. The van der Waals surface area contributed by atoms with Crippen LogP contribution in [-0.4, -0.2) is 36.0 Å². The molecule has 0 aliphatic carbocycles. The van der Waals surface area contributed by atoms with E-state index in [0.29, 0.717) is 0 Å². The first-order valence-corrected chi connectivity index (χ1v) is 7.51. The van der Waals surface area contributed by atoms with E-state index >= 15 is 0 Å². The zero-order valence-electron chi connectivity index (χ0n) is 12.2. The van der Waals surface area contributed by atoms with Gasteiger partial charge in [0.1, 0.15) is 0 Å². The van der Waals surface area contributed by atoms with Gasteiger partial charge in [-0.15, -0.1) is 0 Å². The molecular weight excluding hydrogens is 250 g/mol. The van der Waals surface area contributed by atoms with Crippen LogP contribution in [0.3, 0.4) is 0 Å². The fraction of sp³-hybridized carbons (Fsp3) is 0.562. The molecule has 1 fully saturated rings. The highest BCUT2D eigenvalue weighted by molar-refractivity contribution is 5.81. The molecule has 3 N–H and O–H groups in total. The van der Waals surface area contributed by atoms with Crippen molar-refractivity contribution in [2.24, 2.45) is 5.73 Å². The third-order valence-corrected chi connectivity index (χ3v) is 3.80. The zero-order chi connectivity index (χ0) is 14.4. The first-order chi connectivity index (χ1) is 9.69. The number of carbonyl (C=O) groups is 1. The topological polar surface area (TPSA) is 58.4 Å². The van der Waals surface area contributed by atoms with Crippen LogP contribution < -0.4 is 11.1 Å². The van der Waals surface area contributed by atoms with Crippen molar-refractivity contribution in [3.63, 3.8) is 0 Å². The molecule has 4 nitrogen and oxygen atoms in total. The number of benzene rings is 1. The van der Waals surface area contributed by atoms with E-state index in [-0.39, 0.29) is 18.0 Å². The lowest BCUT2D eigenvalue weighted by molar-refractivity contribution is -0.123. The molecule has 1 aromatic carbocycles. The average molecular weight is 275 g/mol. The van der Waals surface area contributed by atoms with Crippen LogP contribution in [-0.2, 0) is 11.3 Å². The summed E-state index contributed by atoms with van der Waals surface area (Å²) in [4.78, 5) is 14.3. The molecular formula is C16H25N3O. The second-order valence-corrected chi connectivity index (χ2v) is 5.61. The number of nitrogens with zero attached hydrogens (tertiary/aromatic N) is 1. The van der Waals surface area contributed by atoms with Gasteiger partial charge in [-0.05, 0) is 18.4 Å². The SMILES string of the molecule is CCC[C@H](N)C(=O)NC1CCN(Cc2ccccc2)C1. The predicted octanol–water partition coefficient (Wildman–Crippen LogP) is 1.50. The summed E-state index contributed by atoms with van der Waals surface area (Å²) in [6, 6.07) is 10.3. The third-order valence-electron chi connectivity index (χ3n) is 3.80. The van der Waals surface area contributed by atoms with Gasteiger partial charge in [-0.1, -0.05) is 43.7 Å². The summed E-state index contributed by atoms with van der Waals surface area (Å²) in [5.74, 6) is -0.00147. The molecule has 20 heavy (non-hydrogen) atoms. The minimum atomic E-state index is -0.358. The Morgan fingerprint density at radius 1 is 1.45 bits per heavy atom. The molecule has 0 saturated carbocycles. The highest BCUT2D eigenvalue weighted by Crippen LogP contribution is 2.13. The van der Waals surface area contributed by atoms with E-state index in [1.54, 1.807) is 0 Å². The normalized spacial score (nSPS) is 20.8. The van der Waals surface area contributed by atoms with Crippen LogP contribution in [0.5, 0.6) is 0 Å². The molecule has 0 bridgehead atoms. The van der Waals surface area contributed by atoms with Crippen LogP contribution in [0, 0.1) is 0 Å². The Balaban J connectivity index is 1.76. The summed E-state index contributed by atoms with van der Waals surface area (Å²) in [7, 11) is 0. The van der Waals surface area contributed by atoms with Crippen molar-refractivity contribution in [3.8, 4) is 0 Å². The average Bonchev–Trinajstić information content (AvgIpc) is 2.87. The van der Waals surface area contributed by atoms with Gasteiger partial charge in [0.2, 0.25) is 5.91 Å². The first-order valence-electron chi connectivity index (χ1n) is 7.51. The predicted molar refractivity (Wildman–Crippen MR) is 81.2 cm³/mol. The second kappa shape index (κ2) is 7.41. The van der Waals surface area contributed by atoms with E-state index in [4.69, 9.17) is 5.73 Å². The van der Waals surface area contributed by atoms with E-state index in [2.05, 4.69) is 34.5 Å². The molecule has 2 rings (SSSR count). The molecule has 0 aromatic heterocycles. The molecule has 1 aliphatic heterocycles. The van der Waals surface area contributed by atoms with Crippen LogP contribution in [0.4, 0.5) is 0 Å². The summed E-state index contributed by atoms with van der Waals surface area (Å²) >= 11 is 0. The molecule has 1 aromatic rings. The molecule has 2 atom stereocenters. The Morgan fingerprint density at radius 3 is 2.90 bits per heavy atom. The second-order valence-electron chi connectivity index (χ2n) is 5.61. The third kappa shape index (κ3) is 4.32. The number of likely N-dealkylation sites (tertiary alicyclic amines) is 1. The Bertz CT molecular complexity index is 421. The summed E-state index contributed by atoms with van der Waals surface area (Å²) in [6.07, 6.45) is 2.71. The largest absolute Gasteiger partial charge is 0.351 e. The number of amides is 1. The molecule has 0 radical (unpaired) electrons. The van der Waals surface area contributed by atoms with Crippen molar-refractivity contribution < 1.29 is 4.79 Å². The molecule has 1 heterocycles. The smallest absolute Gasteiger partial charge is 0.237 e. The van der Waals surface area contributed by atoms with Crippen LogP contribution in [0.1, 0.15) is 31.7 Å². The molecule has 1 unspecified atom stereocenters. The van der Waals surface area contributed by atoms with E-state index in [1.165, 1.54) is 5.56 Å². The van der Waals surface area contributed by atoms with Crippen LogP contribution in [0.15, 0.2) is 30.3 Å². The minimum Gasteiger partial charge on any atom is -0.351 e. The summed E-state index contributed by atoms with van der Waals surface area (Å²) in [5, 5.41) is 3.07. The standard InChI is InChI=1S/C16H25N3O/c1-2-6-15(17)16(20)18-14-9-10-19(12-14)11-13-7-4-3-5-8-13/h3-5,7-8,14-15H,2,6,9-12,17H2,1H3,(H,18,20)/t14?,15-/m0/s1. The number of nitrogens with one attached hydrogen (secondary N) is 1. The Morgan fingerprint density at radius 2 is 2.20 bits per heavy atom. The Labute approximate surface area is 121 Å². The van der Waals surface area contributed by atoms with Gasteiger partial charge in [-0.3, -0.25) is 9.69 Å². The number of rotatable bonds is 6. The maximum atomic E-state index is 11.9. The number of nitrogens with two attached hydrogens (primary N) is 1. The molecule has 1 saturated heterocycles. The maximum absolute atomic E-state index is 11.9. The number of carbonyl (C=O) groups excluding carboxylic acids is 1. The minimum absolute atomic E-state index is 0.00147. The van der Waals surface area contributed by atoms with Crippen molar-refractivity contribution in [2.45, 2.75) is 44.8 Å². The van der Waals surface area contributed by atoms with Gasteiger partial charge in [0.15, 0.2) is 0 Å². The van der Waals surface area contributed by atoms with E-state index in [9.17, 15) is 4.79 Å². The van der Waals surface area contributed by atoms with E-state index < -0.39 is 0 Å². The van der Waals surface area contributed by atoms with E-state index in [1.807, 2.05) is 13.0 Å². The molecule has 0 spiro atoms. The van der Waals surface area contributed by atoms with Gasteiger partial charge in [-0.25, -0.2) is 0 Å². The van der Waals surface area contributed by atoms with Gasteiger partial charge in [0.05, 0.1) is 6.04 Å². The van der Waals surface area contributed by atoms with Crippen molar-refractivity contribution in [2.75, 3.05) is 13.1 Å². The van der Waals surface area contributed by atoms with Gasteiger partial charge in [0, 0.05) is 25.7 Å². The lowest BCUT2D eigenvalue weighted by Crippen LogP contribution is -2.46. The van der Waals surface area contributed by atoms with Crippen molar-refractivity contribution >= 4 is 5.91 Å². The highest BCUT2D eigenvalue weighted by Gasteiger charge is 2.25. The first kappa shape index (κ1) is 15.0. The lowest BCUT2D eigenvalue weighted by atomic mass is 10.1. The Hall–Kier alpha value is -1.39. The van der Waals surface area contributed by atoms with Crippen molar-refractivity contribution in [3.05, 3.63) is 35.9 Å². The molecule has 4 heteroatoms. The maximum Gasteiger partial charge on any atom is 0.237 e. The fourth-order valence-electron chi connectivity index (χ4n) is 2.69. The monoisotopic (exact) mass is 275 g/mol. The fourth-order valence-corrected chi connectivity index (χ4v) is 2.69. The summed E-state index contributed by atoms with van der Waals surface area (Å²) in [5.41, 5.74) is 7.16. The summed E-state index contributed by atoms with van der Waals surface area (Å²) in [6.45, 7) is 4.95. The van der Waals surface area contributed by atoms with Gasteiger partial charge < -0.3 is 11.1 Å².